The minimum atomic E-state index is -0.558. The van der Waals surface area contributed by atoms with Crippen molar-refractivity contribution < 1.29 is 19.1 Å². The lowest BCUT2D eigenvalue weighted by molar-refractivity contribution is 0.0517. The first-order chi connectivity index (χ1) is 11.2. The smallest absolute Gasteiger partial charge is 0.344 e. The number of rotatable bonds is 6. The monoisotopic (exact) mass is 312 g/mol. The molecule has 2 aromatic carbocycles. The van der Waals surface area contributed by atoms with E-state index in [9.17, 15) is 9.59 Å². The van der Waals surface area contributed by atoms with Gasteiger partial charge in [-0.2, -0.15) is 0 Å². The largest absolute Gasteiger partial charge is 0.462 e. The molecule has 23 heavy (non-hydrogen) atoms. The summed E-state index contributed by atoms with van der Waals surface area (Å²) in [6.07, 6.45) is 1.77. The molecule has 2 rings (SSSR count). The number of carbonyl (C=O) groups excluding carboxylic acids is 2. The summed E-state index contributed by atoms with van der Waals surface area (Å²) in [6.45, 7) is 4.04. The van der Waals surface area contributed by atoms with E-state index in [4.69, 9.17) is 9.47 Å². The quantitative estimate of drug-likeness (QED) is 0.597. The van der Waals surface area contributed by atoms with Gasteiger partial charge in [-0.25, -0.2) is 9.59 Å². The first-order valence-electron chi connectivity index (χ1n) is 7.73. The van der Waals surface area contributed by atoms with E-state index in [1.165, 1.54) is 0 Å². The Bertz CT molecular complexity index is 691. The van der Waals surface area contributed by atoms with Crippen molar-refractivity contribution >= 4 is 11.9 Å². The second-order valence-electron chi connectivity index (χ2n) is 5.01. The molecular formula is C19H20O4. The molecular weight excluding hydrogens is 292 g/mol. The molecule has 2 aromatic rings. The molecule has 0 saturated heterocycles. The Morgan fingerprint density at radius 2 is 1.48 bits per heavy atom. The van der Waals surface area contributed by atoms with E-state index < -0.39 is 11.9 Å². The van der Waals surface area contributed by atoms with Gasteiger partial charge in [0.2, 0.25) is 0 Å². The fourth-order valence-corrected chi connectivity index (χ4v) is 2.28. The van der Waals surface area contributed by atoms with Crippen molar-refractivity contribution in [2.45, 2.75) is 26.7 Å². The SMILES string of the molecule is CCCc1ccccc1OC(=O)c1ccccc1C(=O)OCC. The van der Waals surface area contributed by atoms with Crippen LogP contribution in [0.4, 0.5) is 0 Å². The maximum atomic E-state index is 12.5. The number of ether oxygens (including phenoxy) is 2. The molecule has 0 atom stereocenters. The molecule has 0 bridgehead atoms. The molecule has 0 fully saturated rings. The molecule has 0 radical (unpaired) electrons. The van der Waals surface area contributed by atoms with Crippen molar-refractivity contribution in [1.82, 2.24) is 0 Å². The van der Waals surface area contributed by atoms with Crippen molar-refractivity contribution in [3.05, 3.63) is 65.2 Å². The predicted molar refractivity (Wildman–Crippen MR) is 87.8 cm³/mol. The highest BCUT2D eigenvalue weighted by molar-refractivity contribution is 6.03. The summed E-state index contributed by atoms with van der Waals surface area (Å²) in [4.78, 5) is 24.4. The van der Waals surface area contributed by atoms with Crippen LogP contribution >= 0.6 is 0 Å². The fourth-order valence-electron chi connectivity index (χ4n) is 2.28. The average Bonchev–Trinajstić information content (AvgIpc) is 2.57. The van der Waals surface area contributed by atoms with E-state index in [1.807, 2.05) is 18.2 Å². The minimum absolute atomic E-state index is 0.206. The van der Waals surface area contributed by atoms with Crippen LogP contribution < -0.4 is 4.74 Å². The van der Waals surface area contributed by atoms with Gasteiger partial charge in [-0.1, -0.05) is 43.7 Å². The Balaban J connectivity index is 2.27. The standard InChI is InChI=1S/C19H20O4/c1-3-9-14-10-5-8-13-17(14)23-19(21)16-12-7-6-11-15(16)18(20)22-4-2/h5-8,10-13H,3-4,9H2,1-2H3. The molecule has 0 unspecified atom stereocenters. The van der Waals surface area contributed by atoms with Gasteiger partial charge in [0.15, 0.2) is 0 Å². The Morgan fingerprint density at radius 1 is 0.870 bits per heavy atom. The lowest BCUT2D eigenvalue weighted by atomic mass is 10.1. The van der Waals surface area contributed by atoms with E-state index in [0.717, 1.165) is 18.4 Å². The molecule has 0 aliphatic carbocycles. The van der Waals surface area contributed by atoms with Crippen LogP contribution in [0.1, 0.15) is 46.5 Å². The van der Waals surface area contributed by atoms with Gasteiger partial charge < -0.3 is 9.47 Å². The second-order valence-corrected chi connectivity index (χ2v) is 5.01. The summed E-state index contributed by atoms with van der Waals surface area (Å²) < 4.78 is 10.5. The molecule has 0 aliphatic rings. The maximum absolute atomic E-state index is 12.5. The molecule has 0 aromatic heterocycles. The molecule has 0 N–H and O–H groups in total. The molecule has 4 nitrogen and oxygen atoms in total. The summed E-state index contributed by atoms with van der Waals surface area (Å²) in [6, 6.07) is 13.9. The van der Waals surface area contributed by atoms with Gasteiger partial charge in [0, 0.05) is 0 Å². The van der Waals surface area contributed by atoms with Gasteiger partial charge in [-0.15, -0.1) is 0 Å². The van der Waals surface area contributed by atoms with Gasteiger partial charge in [-0.3, -0.25) is 0 Å². The number of carbonyl (C=O) groups is 2. The lowest BCUT2D eigenvalue weighted by Gasteiger charge is -2.11. The average molecular weight is 312 g/mol. The van der Waals surface area contributed by atoms with Crippen molar-refractivity contribution in [3.63, 3.8) is 0 Å². The molecule has 0 aliphatic heterocycles. The summed E-state index contributed by atoms with van der Waals surface area (Å²) >= 11 is 0. The van der Waals surface area contributed by atoms with Crippen LogP contribution in [0.3, 0.4) is 0 Å². The third-order valence-corrected chi connectivity index (χ3v) is 3.34. The van der Waals surface area contributed by atoms with Crippen LogP contribution in [0, 0.1) is 0 Å². The molecule has 0 saturated carbocycles. The number of hydrogen-bond donors (Lipinski definition) is 0. The topological polar surface area (TPSA) is 52.6 Å². The van der Waals surface area contributed by atoms with Crippen LogP contribution in [0.25, 0.3) is 0 Å². The highest BCUT2D eigenvalue weighted by Crippen LogP contribution is 2.22. The zero-order valence-electron chi connectivity index (χ0n) is 13.4. The summed E-state index contributed by atoms with van der Waals surface area (Å²) in [5.41, 5.74) is 1.39. The predicted octanol–water partition coefficient (Wildman–Crippen LogP) is 4.04. The van der Waals surface area contributed by atoms with Gasteiger partial charge in [0.25, 0.3) is 0 Å². The molecule has 0 heterocycles. The molecule has 120 valence electrons. The van der Waals surface area contributed by atoms with Gasteiger partial charge in [0.1, 0.15) is 5.75 Å². The minimum Gasteiger partial charge on any atom is -0.462 e. The highest BCUT2D eigenvalue weighted by Gasteiger charge is 2.19. The van der Waals surface area contributed by atoms with Crippen molar-refractivity contribution in [2.75, 3.05) is 6.61 Å². The number of hydrogen-bond acceptors (Lipinski definition) is 4. The van der Waals surface area contributed by atoms with Crippen LogP contribution in [-0.2, 0) is 11.2 Å². The van der Waals surface area contributed by atoms with Gasteiger partial charge in [-0.05, 0) is 37.1 Å². The summed E-state index contributed by atoms with van der Waals surface area (Å²) in [5, 5.41) is 0. The third kappa shape index (κ3) is 4.19. The van der Waals surface area contributed by atoms with Gasteiger partial charge >= 0.3 is 11.9 Å². The molecule has 0 spiro atoms. The Hall–Kier alpha value is -2.62. The summed E-state index contributed by atoms with van der Waals surface area (Å²) in [5.74, 6) is -0.558. The number of para-hydroxylation sites is 1. The third-order valence-electron chi connectivity index (χ3n) is 3.34. The Labute approximate surface area is 136 Å². The van der Waals surface area contributed by atoms with Crippen molar-refractivity contribution in [1.29, 1.82) is 0 Å². The van der Waals surface area contributed by atoms with Crippen molar-refractivity contribution in [3.8, 4) is 5.75 Å². The molecule has 4 heteroatoms. The van der Waals surface area contributed by atoms with Crippen LogP contribution in [-0.4, -0.2) is 18.5 Å². The maximum Gasteiger partial charge on any atom is 0.344 e. The summed E-state index contributed by atoms with van der Waals surface area (Å²) in [7, 11) is 0. The first-order valence-corrected chi connectivity index (χ1v) is 7.73. The zero-order chi connectivity index (χ0) is 16.7. The van der Waals surface area contributed by atoms with E-state index >= 15 is 0 Å². The number of benzene rings is 2. The molecule has 0 amide bonds. The fraction of sp³-hybridized carbons (Fsp3) is 0.263. The van der Waals surface area contributed by atoms with Crippen molar-refractivity contribution in [2.24, 2.45) is 0 Å². The second kappa shape index (κ2) is 8.13. The van der Waals surface area contributed by atoms with E-state index in [-0.39, 0.29) is 17.7 Å². The van der Waals surface area contributed by atoms with Crippen LogP contribution in [0.2, 0.25) is 0 Å². The Kier molecular flexibility index (Phi) is 5.92. The first kappa shape index (κ1) is 16.7. The number of aryl methyl sites for hydroxylation is 1. The van der Waals surface area contributed by atoms with Crippen LogP contribution in [0.15, 0.2) is 48.5 Å². The normalized spacial score (nSPS) is 10.2. The van der Waals surface area contributed by atoms with Crippen LogP contribution in [0.5, 0.6) is 5.75 Å². The zero-order valence-corrected chi connectivity index (χ0v) is 13.4. The lowest BCUT2D eigenvalue weighted by Crippen LogP contribution is -2.16. The Morgan fingerprint density at radius 3 is 2.13 bits per heavy atom. The van der Waals surface area contributed by atoms with E-state index in [2.05, 4.69) is 6.92 Å². The van der Waals surface area contributed by atoms with E-state index in [0.29, 0.717) is 5.75 Å². The van der Waals surface area contributed by atoms with Gasteiger partial charge in [0.05, 0.1) is 17.7 Å². The van der Waals surface area contributed by atoms with E-state index in [1.54, 1.807) is 37.3 Å². The highest BCUT2D eigenvalue weighted by atomic mass is 16.5. The number of esters is 2.